The van der Waals surface area contributed by atoms with Crippen LogP contribution in [0.2, 0.25) is 0 Å². The summed E-state index contributed by atoms with van der Waals surface area (Å²) >= 11 is 0. The van der Waals surface area contributed by atoms with Gasteiger partial charge in [-0.2, -0.15) is 18.4 Å². The zero-order valence-corrected chi connectivity index (χ0v) is 16.2. The number of carbonyl (C=O) groups excluding carboxylic acids is 1. The molecule has 3 aromatic carbocycles. The predicted octanol–water partition coefficient (Wildman–Crippen LogP) is 5.74. The Labute approximate surface area is 176 Å². The number of rotatable bonds is 6. The topological polar surface area (TPSA) is 68.5 Å². The van der Waals surface area contributed by atoms with Crippen LogP contribution in [0.4, 0.5) is 13.2 Å². The fourth-order valence-corrected chi connectivity index (χ4v) is 2.54. The van der Waals surface area contributed by atoms with Crippen LogP contribution >= 0.6 is 0 Å². The summed E-state index contributed by atoms with van der Waals surface area (Å²) in [7, 11) is 0. The van der Waals surface area contributed by atoms with E-state index in [1.54, 1.807) is 36.4 Å². The minimum atomic E-state index is -4.55. The van der Waals surface area contributed by atoms with Gasteiger partial charge in [0.2, 0.25) is 0 Å². The fraction of sp³-hybridized carbons (Fsp3) is 0.130. The van der Waals surface area contributed by atoms with Crippen molar-refractivity contribution in [2.45, 2.75) is 19.2 Å². The van der Waals surface area contributed by atoms with E-state index < -0.39 is 23.8 Å². The number of alkyl halides is 3. The van der Waals surface area contributed by atoms with Gasteiger partial charge in [0.15, 0.2) is 6.10 Å². The number of nitriles is 1. The van der Waals surface area contributed by atoms with Crippen molar-refractivity contribution >= 4 is 5.97 Å². The molecular formula is C23H16F3NO4. The van der Waals surface area contributed by atoms with Crippen molar-refractivity contribution in [1.29, 1.82) is 5.26 Å². The first-order chi connectivity index (χ1) is 14.8. The monoisotopic (exact) mass is 427 g/mol. The molecule has 0 aliphatic rings. The van der Waals surface area contributed by atoms with Gasteiger partial charge in [-0.3, -0.25) is 0 Å². The van der Waals surface area contributed by atoms with Gasteiger partial charge in [0.25, 0.3) is 0 Å². The second-order valence-electron chi connectivity index (χ2n) is 6.39. The van der Waals surface area contributed by atoms with Crippen molar-refractivity contribution in [2.24, 2.45) is 0 Å². The zero-order chi connectivity index (χ0) is 22.4. The van der Waals surface area contributed by atoms with Gasteiger partial charge in [-0.25, -0.2) is 4.79 Å². The molecule has 0 saturated heterocycles. The van der Waals surface area contributed by atoms with Crippen LogP contribution in [-0.4, -0.2) is 12.1 Å². The number of hydrogen-bond donors (Lipinski definition) is 0. The molecule has 3 aromatic rings. The number of nitrogens with zero attached hydrogens (tertiary/aromatic N) is 1. The van der Waals surface area contributed by atoms with E-state index in [-0.39, 0.29) is 17.1 Å². The molecule has 5 nitrogen and oxygen atoms in total. The number of para-hydroxylation sites is 1. The third kappa shape index (κ3) is 5.76. The maximum Gasteiger partial charge on any atom is 0.416 e. The van der Waals surface area contributed by atoms with E-state index in [9.17, 15) is 18.0 Å². The smallest absolute Gasteiger partial charge is 0.416 e. The lowest BCUT2D eigenvalue weighted by atomic mass is 10.1. The first kappa shape index (κ1) is 21.7. The van der Waals surface area contributed by atoms with Gasteiger partial charge in [-0.15, -0.1) is 0 Å². The lowest BCUT2D eigenvalue weighted by Gasteiger charge is -2.14. The summed E-state index contributed by atoms with van der Waals surface area (Å²) in [5, 5.41) is 9.13. The summed E-state index contributed by atoms with van der Waals surface area (Å²) in [5.41, 5.74) is -1.18. The highest BCUT2D eigenvalue weighted by Gasteiger charge is 2.31. The normalized spacial score (nSPS) is 11.8. The molecule has 0 fully saturated rings. The van der Waals surface area contributed by atoms with Gasteiger partial charge in [-0.05, 0) is 61.5 Å². The maximum absolute atomic E-state index is 12.8. The molecule has 1 unspecified atom stereocenters. The standard InChI is InChI=1S/C23H16F3NO4/c1-15(22(28)31-18-5-3-2-4-6-18)29-19-8-10-20(11-9-19)30-21-12-7-17(23(24,25)26)13-16(21)14-27/h2-13,15H,1H3. The van der Waals surface area contributed by atoms with Crippen molar-refractivity contribution in [3.8, 4) is 29.1 Å². The third-order valence-electron chi connectivity index (χ3n) is 4.09. The molecule has 0 saturated carbocycles. The second kappa shape index (κ2) is 9.22. The Bertz CT molecular complexity index is 1090. The minimum Gasteiger partial charge on any atom is -0.479 e. The average molecular weight is 427 g/mol. The summed E-state index contributed by atoms with van der Waals surface area (Å²) < 4.78 is 54.7. The number of esters is 1. The first-order valence-electron chi connectivity index (χ1n) is 9.09. The zero-order valence-electron chi connectivity index (χ0n) is 16.2. The Kier molecular flexibility index (Phi) is 6.46. The molecule has 0 bridgehead atoms. The van der Waals surface area contributed by atoms with E-state index in [2.05, 4.69) is 0 Å². The van der Waals surface area contributed by atoms with Crippen molar-refractivity contribution in [3.63, 3.8) is 0 Å². The van der Waals surface area contributed by atoms with E-state index in [0.29, 0.717) is 11.5 Å². The molecular weight excluding hydrogens is 411 g/mol. The molecule has 0 aromatic heterocycles. The molecule has 0 heterocycles. The number of ether oxygens (including phenoxy) is 3. The summed E-state index contributed by atoms with van der Waals surface area (Å²) in [6, 6.07) is 19.0. The SMILES string of the molecule is CC(Oc1ccc(Oc2ccc(C(F)(F)F)cc2C#N)cc1)C(=O)Oc1ccccc1. The van der Waals surface area contributed by atoms with E-state index in [1.807, 2.05) is 0 Å². The van der Waals surface area contributed by atoms with Crippen molar-refractivity contribution < 1.29 is 32.2 Å². The molecule has 0 aliphatic heterocycles. The maximum atomic E-state index is 12.8. The van der Waals surface area contributed by atoms with Gasteiger partial charge in [0.1, 0.15) is 29.1 Å². The number of hydrogen-bond acceptors (Lipinski definition) is 5. The molecule has 0 N–H and O–H groups in total. The van der Waals surface area contributed by atoms with Crippen LogP contribution < -0.4 is 14.2 Å². The van der Waals surface area contributed by atoms with Crippen LogP contribution in [0.3, 0.4) is 0 Å². The van der Waals surface area contributed by atoms with Crippen molar-refractivity contribution in [2.75, 3.05) is 0 Å². The minimum absolute atomic E-state index is 0.0102. The highest BCUT2D eigenvalue weighted by Crippen LogP contribution is 2.34. The number of benzene rings is 3. The van der Waals surface area contributed by atoms with E-state index >= 15 is 0 Å². The summed E-state index contributed by atoms with van der Waals surface area (Å²) in [4.78, 5) is 12.1. The van der Waals surface area contributed by atoms with Crippen LogP contribution in [0.25, 0.3) is 0 Å². The molecule has 0 aliphatic carbocycles. The Hall–Kier alpha value is -3.99. The van der Waals surface area contributed by atoms with Crippen LogP contribution in [0.1, 0.15) is 18.1 Å². The lowest BCUT2D eigenvalue weighted by molar-refractivity contribution is -0.141. The highest BCUT2D eigenvalue weighted by molar-refractivity contribution is 5.77. The van der Waals surface area contributed by atoms with Gasteiger partial charge < -0.3 is 14.2 Å². The van der Waals surface area contributed by atoms with E-state index in [4.69, 9.17) is 19.5 Å². The highest BCUT2D eigenvalue weighted by atomic mass is 19.4. The fourth-order valence-electron chi connectivity index (χ4n) is 2.54. The molecule has 0 radical (unpaired) electrons. The van der Waals surface area contributed by atoms with Gasteiger partial charge >= 0.3 is 12.1 Å². The Morgan fingerprint density at radius 1 is 0.935 bits per heavy atom. The molecule has 1 atom stereocenters. The number of carbonyl (C=O) groups is 1. The van der Waals surface area contributed by atoms with Crippen LogP contribution in [0.15, 0.2) is 72.8 Å². The summed E-state index contributed by atoms with van der Waals surface area (Å²) in [6.45, 7) is 1.54. The summed E-state index contributed by atoms with van der Waals surface area (Å²) in [6.07, 6.45) is -5.44. The Morgan fingerprint density at radius 2 is 1.58 bits per heavy atom. The van der Waals surface area contributed by atoms with Crippen LogP contribution in [0.5, 0.6) is 23.0 Å². The Balaban J connectivity index is 1.64. The largest absolute Gasteiger partial charge is 0.479 e. The van der Waals surface area contributed by atoms with E-state index in [1.165, 1.54) is 31.2 Å². The number of halogens is 3. The predicted molar refractivity (Wildman–Crippen MR) is 105 cm³/mol. The average Bonchev–Trinajstić information content (AvgIpc) is 2.75. The molecule has 3 rings (SSSR count). The second-order valence-corrected chi connectivity index (χ2v) is 6.39. The summed E-state index contributed by atoms with van der Waals surface area (Å²) in [5.74, 6) is 0.455. The van der Waals surface area contributed by atoms with E-state index in [0.717, 1.165) is 18.2 Å². The first-order valence-corrected chi connectivity index (χ1v) is 9.09. The van der Waals surface area contributed by atoms with Crippen LogP contribution in [-0.2, 0) is 11.0 Å². The Morgan fingerprint density at radius 3 is 2.19 bits per heavy atom. The molecule has 31 heavy (non-hydrogen) atoms. The molecule has 0 spiro atoms. The molecule has 0 amide bonds. The van der Waals surface area contributed by atoms with Crippen LogP contribution in [0, 0.1) is 11.3 Å². The molecule has 158 valence electrons. The van der Waals surface area contributed by atoms with Gasteiger partial charge in [0.05, 0.1) is 11.1 Å². The third-order valence-corrected chi connectivity index (χ3v) is 4.09. The van der Waals surface area contributed by atoms with Gasteiger partial charge in [-0.1, -0.05) is 18.2 Å². The molecule has 8 heteroatoms. The lowest BCUT2D eigenvalue weighted by Crippen LogP contribution is -2.28. The van der Waals surface area contributed by atoms with Crippen molar-refractivity contribution in [3.05, 3.63) is 83.9 Å². The van der Waals surface area contributed by atoms with Gasteiger partial charge in [0, 0.05) is 0 Å². The van der Waals surface area contributed by atoms with Crippen molar-refractivity contribution in [1.82, 2.24) is 0 Å². The quantitative estimate of drug-likeness (QED) is 0.371.